The van der Waals surface area contributed by atoms with Gasteiger partial charge in [0.25, 0.3) is 0 Å². The second-order valence-corrected chi connectivity index (χ2v) is 5.70. The van der Waals surface area contributed by atoms with Crippen molar-refractivity contribution in [1.29, 1.82) is 0 Å². The van der Waals surface area contributed by atoms with Gasteiger partial charge in [-0.15, -0.1) is 23.7 Å². The fraction of sp³-hybridized carbons (Fsp3) is 0.583. The smallest absolute Gasteiger partial charge is 0.335 e. The molecule has 2 rings (SSSR count). The normalized spacial score (nSPS) is 19.2. The Morgan fingerprint density at radius 3 is 2.56 bits per heavy atom. The molecule has 1 aliphatic heterocycles. The number of hydrogen-bond donors (Lipinski definition) is 2. The summed E-state index contributed by atoms with van der Waals surface area (Å²) >= 11 is 1.73. The highest BCUT2D eigenvalue weighted by Crippen LogP contribution is 2.24. The number of carboxylic acids is 1. The minimum absolute atomic E-state index is 0. The monoisotopic (exact) mass is 291 g/mol. The van der Waals surface area contributed by atoms with Crippen LogP contribution < -0.4 is 0 Å². The minimum atomic E-state index is -1.51. The molecule has 0 radical (unpaired) electrons. The molecule has 0 spiro atoms. The summed E-state index contributed by atoms with van der Waals surface area (Å²) in [4.78, 5) is 14.4. The molecule has 102 valence electrons. The number of carbonyl (C=O) groups is 1. The molecular formula is C12H18ClNO3S. The summed E-state index contributed by atoms with van der Waals surface area (Å²) in [5.74, 6) is -1.09. The molecule has 2 heterocycles. The Balaban J connectivity index is 0.00000162. The van der Waals surface area contributed by atoms with Crippen LogP contribution in [0.2, 0.25) is 0 Å². The first-order valence-corrected chi connectivity index (χ1v) is 6.60. The van der Waals surface area contributed by atoms with E-state index in [9.17, 15) is 9.90 Å². The highest BCUT2D eigenvalue weighted by atomic mass is 35.5. The van der Waals surface area contributed by atoms with Crippen LogP contribution in [-0.2, 0) is 11.3 Å². The molecule has 0 bridgehead atoms. The summed E-state index contributed by atoms with van der Waals surface area (Å²) < 4.78 is 0. The fourth-order valence-corrected chi connectivity index (χ4v) is 3.01. The van der Waals surface area contributed by atoms with Gasteiger partial charge >= 0.3 is 5.97 Å². The Morgan fingerprint density at radius 2 is 2.11 bits per heavy atom. The van der Waals surface area contributed by atoms with Gasteiger partial charge in [0.05, 0.1) is 0 Å². The first kappa shape index (κ1) is 15.4. The second-order valence-electron chi connectivity index (χ2n) is 4.70. The van der Waals surface area contributed by atoms with Gasteiger partial charge in [0.15, 0.2) is 5.60 Å². The molecule has 18 heavy (non-hydrogen) atoms. The van der Waals surface area contributed by atoms with E-state index in [0.717, 1.165) is 6.54 Å². The molecule has 0 saturated carbocycles. The Kier molecular flexibility index (Phi) is 5.16. The topological polar surface area (TPSA) is 60.8 Å². The maximum atomic E-state index is 10.9. The lowest BCUT2D eigenvalue weighted by atomic mass is 9.92. The van der Waals surface area contributed by atoms with E-state index < -0.39 is 11.6 Å². The van der Waals surface area contributed by atoms with E-state index in [1.54, 1.807) is 11.3 Å². The van der Waals surface area contributed by atoms with Crippen LogP contribution in [-0.4, -0.2) is 39.8 Å². The van der Waals surface area contributed by atoms with Crippen molar-refractivity contribution in [2.75, 3.05) is 13.1 Å². The maximum absolute atomic E-state index is 10.9. The van der Waals surface area contributed by atoms with Crippen molar-refractivity contribution in [1.82, 2.24) is 4.90 Å². The Bertz CT molecular complexity index is 413. The number of aryl methyl sites for hydroxylation is 1. The molecule has 4 nitrogen and oxygen atoms in total. The maximum Gasteiger partial charge on any atom is 0.335 e. The van der Waals surface area contributed by atoms with E-state index in [-0.39, 0.29) is 12.4 Å². The van der Waals surface area contributed by atoms with Crippen molar-refractivity contribution in [2.45, 2.75) is 31.9 Å². The molecule has 0 unspecified atom stereocenters. The van der Waals surface area contributed by atoms with Gasteiger partial charge < -0.3 is 10.2 Å². The lowest BCUT2D eigenvalue weighted by molar-refractivity contribution is -0.163. The molecule has 0 atom stereocenters. The van der Waals surface area contributed by atoms with Crippen LogP contribution in [0.15, 0.2) is 11.4 Å². The lowest BCUT2D eigenvalue weighted by Crippen LogP contribution is -2.48. The van der Waals surface area contributed by atoms with Crippen molar-refractivity contribution in [3.8, 4) is 0 Å². The Morgan fingerprint density at radius 1 is 1.50 bits per heavy atom. The molecule has 1 aromatic heterocycles. The number of aliphatic hydroxyl groups is 1. The molecular weight excluding hydrogens is 274 g/mol. The Hall–Kier alpha value is -0.620. The van der Waals surface area contributed by atoms with E-state index in [4.69, 9.17) is 5.11 Å². The van der Waals surface area contributed by atoms with Gasteiger partial charge in [-0.05, 0) is 36.8 Å². The highest BCUT2D eigenvalue weighted by Gasteiger charge is 2.39. The average Bonchev–Trinajstić information content (AvgIpc) is 2.67. The van der Waals surface area contributed by atoms with Crippen LogP contribution in [0.5, 0.6) is 0 Å². The molecule has 1 aromatic rings. The van der Waals surface area contributed by atoms with Gasteiger partial charge in [0.1, 0.15) is 0 Å². The second kappa shape index (κ2) is 6.02. The SMILES string of the molecule is Cc1csc(CN2CCC(O)(C(=O)O)CC2)c1.Cl. The van der Waals surface area contributed by atoms with Crippen molar-refractivity contribution in [3.05, 3.63) is 21.9 Å². The molecule has 6 heteroatoms. The predicted octanol–water partition coefficient (Wildman–Crippen LogP) is 1.89. The van der Waals surface area contributed by atoms with Crippen molar-refractivity contribution in [3.63, 3.8) is 0 Å². The van der Waals surface area contributed by atoms with E-state index in [2.05, 4.69) is 23.3 Å². The Labute approximate surface area is 117 Å². The van der Waals surface area contributed by atoms with E-state index >= 15 is 0 Å². The number of hydrogen-bond acceptors (Lipinski definition) is 4. The van der Waals surface area contributed by atoms with Crippen molar-refractivity contribution < 1.29 is 15.0 Å². The van der Waals surface area contributed by atoms with Gasteiger partial charge in [0, 0.05) is 24.5 Å². The van der Waals surface area contributed by atoms with Crippen LogP contribution in [0.1, 0.15) is 23.3 Å². The summed E-state index contributed by atoms with van der Waals surface area (Å²) in [5.41, 5.74) is -0.244. The molecule has 1 aliphatic rings. The summed E-state index contributed by atoms with van der Waals surface area (Å²) in [6, 6.07) is 2.16. The van der Waals surface area contributed by atoms with Gasteiger partial charge in [-0.2, -0.15) is 0 Å². The number of halogens is 1. The highest BCUT2D eigenvalue weighted by molar-refractivity contribution is 7.10. The van der Waals surface area contributed by atoms with Crippen LogP contribution in [0, 0.1) is 6.92 Å². The number of thiophene rings is 1. The first-order chi connectivity index (χ1) is 7.99. The number of carboxylic acid groups (broad SMARTS) is 1. The summed E-state index contributed by atoms with van der Waals surface area (Å²) in [7, 11) is 0. The summed E-state index contributed by atoms with van der Waals surface area (Å²) in [5, 5.41) is 20.8. The third kappa shape index (κ3) is 3.45. The largest absolute Gasteiger partial charge is 0.479 e. The standard InChI is InChI=1S/C12H17NO3S.ClH/c1-9-6-10(17-8-9)7-13-4-2-12(16,3-5-13)11(14)15;/h6,8,16H,2-5,7H2,1H3,(H,14,15);1H. The first-order valence-electron chi connectivity index (χ1n) is 5.72. The van der Waals surface area contributed by atoms with E-state index in [0.29, 0.717) is 25.9 Å². The number of nitrogens with zero attached hydrogens (tertiary/aromatic N) is 1. The van der Waals surface area contributed by atoms with E-state index in [1.807, 2.05) is 0 Å². The van der Waals surface area contributed by atoms with Crippen LogP contribution >= 0.6 is 23.7 Å². The molecule has 2 N–H and O–H groups in total. The third-order valence-electron chi connectivity index (χ3n) is 3.25. The fourth-order valence-electron chi connectivity index (χ4n) is 2.09. The van der Waals surface area contributed by atoms with Crippen molar-refractivity contribution in [2.24, 2.45) is 0 Å². The lowest BCUT2D eigenvalue weighted by Gasteiger charge is -2.35. The molecule has 0 aliphatic carbocycles. The molecule has 0 amide bonds. The summed E-state index contributed by atoms with van der Waals surface area (Å²) in [6.45, 7) is 4.20. The van der Waals surface area contributed by atoms with Gasteiger partial charge in [-0.3, -0.25) is 4.90 Å². The number of rotatable bonds is 3. The summed E-state index contributed by atoms with van der Waals surface area (Å²) in [6.07, 6.45) is 0.624. The number of aliphatic carboxylic acids is 1. The zero-order valence-corrected chi connectivity index (χ0v) is 11.9. The van der Waals surface area contributed by atoms with Crippen LogP contribution in [0.3, 0.4) is 0 Å². The van der Waals surface area contributed by atoms with Gasteiger partial charge in [-0.25, -0.2) is 4.79 Å². The number of likely N-dealkylation sites (tertiary alicyclic amines) is 1. The minimum Gasteiger partial charge on any atom is -0.479 e. The molecule has 0 aromatic carbocycles. The zero-order chi connectivity index (χ0) is 12.5. The quantitative estimate of drug-likeness (QED) is 0.893. The predicted molar refractivity (Wildman–Crippen MR) is 73.4 cm³/mol. The van der Waals surface area contributed by atoms with Crippen LogP contribution in [0.4, 0.5) is 0 Å². The zero-order valence-electron chi connectivity index (χ0n) is 10.3. The number of piperidine rings is 1. The van der Waals surface area contributed by atoms with E-state index in [1.165, 1.54) is 10.4 Å². The molecule has 1 saturated heterocycles. The van der Waals surface area contributed by atoms with Gasteiger partial charge in [0.2, 0.25) is 0 Å². The van der Waals surface area contributed by atoms with Crippen molar-refractivity contribution >= 4 is 29.7 Å². The average molecular weight is 292 g/mol. The van der Waals surface area contributed by atoms with Crippen LogP contribution in [0.25, 0.3) is 0 Å². The third-order valence-corrected chi connectivity index (χ3v) is 4.28. The van der Waals surface area contributed by atoms with Gasteiger partial charge in [-0.1, -0.05) is 0 Å². The molecule has 1 fully saturated rings.